The van der Waals surface area contributed by atoms with Crippen LogP contribution in [-0.2, 0) is 4.79 Å². The van der Waals surface area contributed by atoms with Crippen LogP contribution in [-0.4, -0.2) is 30.1 Å². The summed E-state index contributed by atoms with van der Waals surface area (Å²) >= 11 is 11.8. The van der Waals surface area contributed by atoms with Crippen molar-refractivity contribution in [1.29, 1.82) is 0 Å². The second-order valence-corrected chi connectivity index (χ2v) is 4.56. The molecule has 1 atom stereocenters. The molecule has 0 aliphatic rings. The molecule has 0 saturated carbocycles. The molecule has 19 heavy (non-hydrogen) atoms. The number of aliphatic carboxylic acids is 1. The molecule has 7 heteroatoms. The van der Waals surface area contributed by atoms with Crippen molar-refractivity contribution in [1.82, 2.24) is 5.32 Å². The van der Waals surface area contributed by atoms with Crippen molar-refractivity contribution < 1.29 is 19.4 Å². The van der Waals surface area contributed by atoms with E-state index in [9.17, 15) is 9.59 Å². The Bertz CT molecular complexity index is 481. The highest BCUT2D eigenvalue weighted by molar-refractivity contribution is 6.37. The lowest BCUT2D eigenvalue weighted by atomic mass is 10.1. The van der Waals surface area contributed by atoms with E-state index in [1.165, 1.54) is 19.2 Å². The van der Waals surface area contributed by atoms with E-state index in [-0.39, 0.29) is 27.8 Å². The number of carboxylic acids is 1. The van der Waals surface area contributed by atoms with E-state index in [0.717, 1.165) is 0 Å². The number of rotatable bonds is 5. The minimum Gasteiger partial charge on any atom is -0.494 e. The van der Waals surface area contributed by atoms with Crippen LogP contribution in [0, 0.1) is 0 Å². The summed E-state index contributed by atoms with van der Waals surface area (Å²) < 4.78 is 4.96. The number of carbonyl (C=O) groups is 2. The van der Waals surface area contributed by atoms with E-state index >= 15 is 0 Å². The molecule has 5 nitrogen and oxygen atoms in total. The first-order chi connectivity index (χ1) is 8.90. The molecule has 0 saturated heterocycles. The Hall–Kier alpha value is -1.46. The summed E-state index contributed by atoms with van der Waals surface area (Å²) in [5, 5.41) is 11.6. The fraction of sp³-hybridized carbons (Fsp3) is 0.333. The number of amides is 1. The van der Waals surface area contributed by atoms with Crippen LogP contribution in [0.15, 0.2) is 12.1 Å². The Labute approximate surface area is 120 Å². The highest BCUT2D eigenvalue weighted by Crippen LogP contribution is 2.33. The number of hydrogen-bond donors (Lipinski definition) is 2. The topological polar surface area (TPSA) is 75.6 Å². The van der Waals surface area contributed by atoms with Gasteiger partial charge >= 0.3 is 5.97 Å². The predicted octanol–water partition coefficient (Wildman–Crippen LogP) is 2.59. The van der Waals surface area contributed by atoms with Crippen LogP contribution in [0.2, 0.25) is 10.0 Å². The number of carboxylic acid groups (broad SMARTS) is 1. The molecule has 104 valence electrons. The molecule has 0 unspecified atom stereocenters. The summed E-state index contributed by atoms with van der Waals surface area (Å²) in [6.07, 6.45) is 0.276. The van der Waals surface area contributed by atoms with Gasteiger partial charge in [-0.25, -0.2) is 4.79 Å². The second kappa shape index (κ2) is 6.63. The van der Waals surface area contributed by atoms with Crippen LogP contribution >= 0.6 is 23.2 Å². The monoisotopic (exact) mass is 305 g/mol. The lowest BCUT2D eigenvalue weighted by Crippen LogP contribution is -2.40. The summed E-state index contributed by atoms with van der Waals surface area (Å²) in [7, 11) is 1.41. The third-order valence-electron chi connectivity index (χ3n) is 2.48. The number of benzene rings is 1. The van der Waals surface area contributed by atoms with Crippen LogP contribution < -0.4 is 10.1 Å². The number of hydrogen-bond acceptors (Lipinski definition) is 3. The Kier molecular flexibility index (Phi) is 5.44. The van der Waals surface area contributed by atoms with Crippen LogP contribution in [0.4, 0.5) is 0 Å². The Morgan fingerprint density at radius 2 is 1.89 bits per heavy atom. The first-order valence-electron chi connectivity index (χ1n) is 5.47. The quantitative estimate of drug-likeness (QED) is 0.876. The van der Waals surface area contributed by atoms with Crippen molar-refractivity contribution in [2.75, 3.05) is 7.11 Å². The molecular weight excluding hydrogens is 293 g/mol. The largest absolute Gasteiger partial charge is 0.494 e. The fourth-order valence-electron chi connectivity index (χ4n) is 1.47. The van der Waals surface area contributed by atoms with Crippen molar-refractivity contribution in [2.45, 2.75) is 19.4 Å². The molecule has 0 spiro atoms. The van der Waals surface area contributed by atoms with Crippen LogP contribution in [0.1, 0.15) is 23.7 Å². The normalized spacial score (nSPS) is 11.8. The highest BCUT2D eigenvalue weighted by Gasteiger charge is 2.20. The van der Waals surface area contributed by atoms with Crippen LogP contribution in [0.3, 0.4) is 0 Å². The van der Waals surface area contributed by atoms with E-state index < -0.39 is 17.9 Å². The molecule has 0 aliphatic carbocycles. The van der Waals surface area contributed by atoms with Gasteiger partial charge in [0.05, 0.1) is 17.2 Å². The molecule has 0 heterocycles. The number of carbonyl (C=O) groups excluding carboxylic acids is 1. The van der Waals surface area contributed by atoms with Gasteiger partial charge in [0.15, 0.2) is 5.75 Å². The maximum atomic E-state index is 11.9. The minimum atomic E-state index is -1.10. The van der Waals surface area contributed by atoms with Gasteiger partial charge in [0.1, 0.15) is 6.04 Å². The Morgan fingerprint density at radius 3 is 2.26 bits per heavy atom. The van der Waals surface area contributed by atoms with E-state index in [1.807, 2.05) is 0 Å². The molecular formula is C12H13Cl2NO4. The molecule has 0 radical (unpaired) electrons. The zero-order valence-electron chi connectivity index (χ0n) is 10.4. The predicted molar refractivity (Wildman–Crippen MR) is 72.2 cm³/mol. The van der Waals surface area contributed by atoms with Gasteiger partial charge in [-0.05, 0) is 18.6 Å². The summed E-state index contributed by atoms with van der Waals surface area (Å²) in [5.74, 6) is -1.38. The molecule has 0 fully saturated rings. The van der Waals surface area contributed by atoms with Crippen LogP contribution in [0.5, 0.6) is 5.75 Å². The number of nitrogens with one attached hydrogen (secondary N) is 1. The Balaban J connectivity index is 2.98. The molecule has 0 aliphatic heterocycles. The average Bonchev–Trinajstić information content (AvgIpc) is 2.34. The summed E-state index contributed by atoms with van der Waals surface area (Å²) in [6, 6.07) is 1.79. The Morgan fingerprint density at radius 1 is 1.37 bits per heavy atom. The van der Waals surface area contributed by atoms with Gasteiger partial charge in [-0.1, -0.05) is 30.1 Å². The van der Waals surface area contributed by atoms with Crippen molar-refractivity contribution in [3.05, 3.63) is 27.7 Å². The number of methoxy groups -OCH3 is 1. The fourth-order valence-corrected chi connectivity index (χ4v) is 2.11. The maximum Gasteiger partial charge on any atom is 0.326 e. The molecule has 0 bridgehead atoms. The number of halogens is 2. The molecule has 1 aromatic rings. The average molecular weight is 306 g/mol. The minimum absolute atomic E-state index is 0.176. The van der Waals surface area contributed by atoms with Crippen molar-refractivity contribution in [2.24, 2.45) is 0 Å². The summed E-state index contributed by atoms with van der Waals surface area (Å²) in [4.78, 5) is 22.7. The first kappa shape index (κ1) is 15.6. The first-order valence-corrected chi connectivity index (χ1v) is 6.23. The van der Waals surface area contributed by atoms with Crippen molar-refractivity contribution in [3.8, 4) is 5.75 Å². The SMILES string of the molecule is CC[C@@H](NC(=O)c1cc(Cl)c(OC)c(Cl)c1)C(=O)O. The zero-order valence-corrected chi connectivity index (χ0v) is 11.9. The number of ether oxygens (including phenoxy) is 1. The van der Waals surface area contributed by atoms with E-state index in [0.29, 0.717) is 0 Å². The van der Waals surface area contributed by atoms with E-state index in [2.05, 4.69) is 5.32 Å². The summed E-state index contributed by atoms with van der Waals surface area (Å²) in [5.41, 5.74) is 0.176. The van der Waals surface area contributed by atoms with E-state index in [1.54, 1.807) is 6.92 Å². The molecule has 0 aromatic heterocycles. The van der Waals surface area contributed by atoms with Gasteiger partial charge in [-0.2, -0.15) is 0 Å². The van der Waals surface area contributed by atoms with E-state index in [4.69, 9.17) is 33.0 Å². The van der Waals surface area contributed by atoms with Gasteiger partial charge in [0.2, 0.25) is 0 Å². The third kappa shape index (κ3) is 3.75. The third-order valence-corrected chi connectivity index (χ3v) is 3.04. The van der Waals surface area contributed by atoms with Gasteiger partial charge in [0, 0.05) is 5.56 Å². The maximum absolute atomic E-state index is 11.9. The highest BCUT2D eigenvalue weighted by atomic mass is 35.5. The molecule has 1 amide bonds. The smallest absolute Gasteiger partial charge is 0.326 e. The molecule has 2 N–H and O–H groups in total. The van der Waals surface area contributed by atoms with Gasteiger partial charge < -0.3 is 15.2 Å². The standard InChI is InChI=1S/C12H13Cl2NO4/c1-3-9(12(17)18)15-11(16)6-4-7(13)10(19-2)8(14)5-6/h4-5,9H,3H2,1-2H3,(H,15,16)(H,17,18)/t9-/m1/s1. The lowest BCUT2D eigenvalue weighted by molar-refractivity contribution is -0.139. The van der Waals surface area contributed by atoms with Gasteiger partial charge in [0.25, 0.3) is 5.91 Å². The van der Waals surface area contributed by atoms with Crippen LogP contribution in [0.25, 0.3) is 0 Å². The molecule has 1 aromatic carbocycles. The van der Waals surface area contributed by atoms with Crippen molar-refractivity contribution in [3.63, 3.8) is 0 Å². The lowest BCUT2D eigenvalue weighted by Gasteiger charge is -2.13. The van der Waals surface area contributed by atoms with Gasteiger partial charge in [-0.3, -0.25) is 4.79 Å². The second-order valence-electron chi connectivity index (χ2n) is 3.75. The van der Waals surface area contributed by atoms with Gasteiger partial charge in [-0.15, -0.1) is 0 Å². The van der Waals surface area contributed by atoms with Crippen molar-refractivity contribution >= 4 is 35.1 Å². The summed E-state index contributed by atoms with van der Waals surface area (Å²) in [6.45, 7) is 1.66. The zero-order chi connectivity index (χ0) is 14.6. The molecule has 1 rings (SSSR count).